The summed E-state index contributed by atoms with van der Waals surface area (Å²) in [6, 6.07) is 2.08. The largest absolute Gasteiger partial charge is 0.367 e. The smallest absolute Gasteiger partial charge is 0.0220 e. The van der Waals surface area contributed by atoms with Crippen LogP contribution in [-0.4, -0.2) is 11.5 Å². The molecule has 70 valence electrons. The minimum Gasteiger partial charge on any atom is -0.367 e. The van der Waals surface area contributed by atoms with Gasteiger partial charge in [0, 0.05) is 25.4 Å². The fraction of sp³-hybridized carbons (Fsp3) is 0.455. The number of aromatic amines is 1. The van der Waals surface area contributed by atoms with Gasteiger partial charge in [0.1, 0.15) is 0 Å². The molecule has 0 atom stereocenters. The number of terminal acetylenes is 1. The third kappa shape index (κ3) is 4.39. The molecule has 0 aliphatic carbocycles. The van der Waals surface area contributed by atoms with E-state index in [-0.39, 0.29) is 0 Å². The third-order valence-corrected chi connectivity index (χ3v) is 1.92. The first-order chi connectivity index (χ1) is 6.43. The first kappa shape index (κ1) is 9.88. The van der Waals surface area contributed by atoms with Gasteiger partial charge in [0.25, 0.3) is 0 Å². The molecule has 0 fully saturated rings. The van der Waals surface area contributed by atoms with Crippen molar-refractivity contribution >= 4 is 0 Å². The van der Waals surface area contributed by atoms with Gasteiger partial charge in [-0.25, -0.2) is 0 Å². The van der Waals surface area contributed by atoms with Crippen LogP contribution in [-0.2, 0) is 6.54 Å². The Bertz CT molecular complexity index is 244. The number of unbranched alkanes of at least 4 members (excludes halogenated alkanes) is 2. The molecular weight excluding hydrogens is 160 g/mol. The van der Waals surface area contributed by atoms with Gasteiger partial charge in [-0.15, -0.1) is 12.3 Å². The van der Waals surface area contributed by atoms with Crippen molar-refractivity contribution in [3.63, 3.8) is 0 Å². The first-order valence-corrected chi connectivity index (χ1v) is 4.69. The molecule has 0 bridgehead atoms. The summed E-state index contributed by atoms with van der Waals surface area (Å²) < 4.78 is 0. The molecule has 0 aliphatic heterocycles. The van der Waals surface area contributed by atoms with Gasteiger partial charge >= 0.3 is 0 Å². The molecule has 1 aromatic rings. The maximum Gasteiger partial charge on any atom is 0.0220 e. The number of hydrogen-bond acceptors (Lipinski definition) is 1. The average Bonchev–Trinajstić information content (AvgIpc) is 2.63. The summed E-state index contributed by atoms with van der Waals surface area (Å²) in [4.78, 5) is 3.02. The van der Waals surface area contributed by atoms with Crippen molar-refractivity contribution < 1.29 is 0 Å². The highest BCUT2D eigenvalue weighted by Crippen LogP contribution is 1.96. The van der Waals surface area contributed by atoms with Crippen molar-refractivity contribution in [2.45, 2.75) is 25.8 Å². The van der Waals surface area contributed by atoms with Crippen LogP contribution >= 0.6 is 0 Å². The molecule has 0 amide bonds. The van der Waals surface area contributed by atoms with Gasteiger partial charge in [-0.1, -0.05) is 0 Å². The molecule has 0 saturated heterocycles. The molecule has 0 radical (unpaired) electrons. The van der Waals surface area contributed by atoms with E-state index in [4.69, 9.17) is 6.42 Å². The predicted molar refractivity (Wildman–Crippen MR) is 55.2 cm³/mol. The van der Waals surface area contributed by atoms with Crippen LogP contribution in [0.4, 0.5) is 0 Å². The molecular formula is C11H16N2. The molecule has 2 nitrogen and oxygen atoms in total. The lowest BCUT2D eigenvalue weighted by molar-refractivity contribution is 0.630. The Morgan fingerprint density at radius 3 is 3.08 bits per heavy atom. The normalized spacial score (nSPS) is 9.77. The van der Waals surface area contributed by atoms with Gasteiger partial charge in [0.2, 0.25) is 0 Å². The van der Waals surface area contributed by atoms with E-state index < -0.39 is 0 Å². The number of aromatic nitrogens is 1. The Hall–Kier alpha value is -1.20. The Labute approximate surface area is 79.7 Å². The molecule has 1 heterocycles. The molecule has 0 aliphatic rings. The topological polar surface area (TPSA) is 27.8 Å². The zero-order valence-electron chi connectivity index (χ0n) is 7.84. The van der Waals surface area contributed by atoms with E-state index in [1.807, 2.05) is 12.4 Å². The van der Waals surface area contributed by atoms with Crippen LogP contribution in [0.2, 0.25) is 0 Å². The highest BCUT2D eigenvalue weighted by molar-refractivity contribution is 5.07. The number of nitrogens with one attached hydrogen (secondary N) is 2. The second-order valence-electron chi connectivity index (χ2n) is 3.06. The summed E-state index contributed by atoms with van der Waals surface area (Å²) in [6.45, 7) is 1.99. The Kier molecular flexibility index (Phi) is 4.81. The van der Waals surface area contributed by atoms with Crippen molar-refractivity contribution in [1.29, 1.82) is 0 Å². The zero-order chi connectivity index (χ0) is 9.36. The molecule has 2 heteroatoms. The fourth-order valence-electron chi connectivity index (χ4n) is 1.18. The van der Waals surface area contributed by atoms with Gasteiger partial charge in [0.15, 0.2) is 0 Å². The molecule has 0 saturated carbocycles. The van der Waals surface area contributed by atoms with Crippen LogP contribution in [0.25, 0.3) is 0 Å². The number of rotatable bonds is 6. The molecule has 2 N–H and O–H groups in total. The Morgan fingerprint density at radius 2 is 2.38 bits per heavy atom. The number of hydrogen-bond donors (Lipinski definition) is 2. The summed E-state index contributed by atoms with van der Waals surface area (Å²) >= 11 is 0. The van der Waals surface area contributed by atoms with Crippen LogP contribution in [0.1, 0.15) is 24.8 Å². The fourth-order valence-corrected chi connectivity index (χ4v) is 1.18. The molecule has 13 heavy (non-hydrogen) atoms. The highest BCUT2D eigenvalue weighted by Gasteiger charge is 1.91. The van der Waals surface area contributed by atoms with E-state index in [2.05, 4.69) is 22.3 Å². The Morgan fingerprint density at radius 1 is 1.46 bits per heavy atom. The van der Waals surface area contributed by atoms with Crippen molar-refractivity contribution in [3.8, 4) is 12.3 Å². The lowest BCUT2D eigenvalue weighted by Gasteiger charge is -2.01. The van der Waals surface area contributed by atoms with Crippen LogP contribution in [0.3, 0.4) is 0 Å². The zero-order valence-corrected chi connectivity index (χ0v) is 7.84. The molecule has 0 aromatic carbocycles. The first-order valence-electron chi connectivity index (χ1n) is 4.69. The third-order valence-electron chi connectivity index (χ3n) is 1.92. The maximum atomic E-state index is 5.15. The number of H-pyrrole nitrogens is 1. The second kappa shape index (κ2) is 6.33. The Balaban J connectivity index is 1.94. The van der Waals surface area contributed by atoms with E-state index in [1.165, 1.54) is 5.56 Å². The van der Waals surface area contributed by atoms with Crippen molar-refractivity contribution in [3.05, 3.63) is 24.0 Å². The van der Waals surface area contributed by atoms with Crippen molar-refractivity contribution in [1.82, 2.24) is 10.3 Å². The minimum atomic E-state index is 0.895. The predicted octanol–water partition coefficient (Wildman–Crippen LogP) is 1.91. The molecule has 0 unspecified atom stereocenters. The van der Waals surface area contributed by atoms with E-state index in [9.17, 15) is 0 Å². The molecule has 0 spiro atoms. The maximum absolute atomic E-state index is 5.15. The molecule has 1 aromatic heterocycles. The van der Waals surface area contributed by atoms with Crippen LogP contribution in [0, 0.1) is 12.3 Å². The second-order valence-corrected chi connectivity index (χ2v) is 3.06. The van der Waals surface area contributed by atoms with E-state index >= 15 is 0 Å². The van der Waals surface area contributed by atoms with Gasteiger partial charge in [-0.05, 0) is 31.0 Å². The summed E-state index contributed by atoms with van der Waals surface area (Å²) in [7, 11) is 0. The average molecular weight is 176 g/mol. The SMILES string of the molecule is C#CCCCCNCc1cc[nH]c1. The lowest BCUT2D eigenvalue weighted by atomic mass is 10.2. The summed E-state index contributed by atoms with van der Waals surface area (Å²) in [5.41, 5.74) is 1.30. The van der Waals surface area contributed by atoms with Crippen molar-refractivity contribution in [2.75, 3.05) is 6.54 Å². The van der Waals surface area contributed by atoms with E-state index in [0.717, 1.165) is 32.4 Å². The minimum absolute atomic E-state index is 0.895. The van der Waals surface area contributed by atoms with Gasteiger partial charge in [0.05, 0.1) is 0 Å². The monoisotopic (exact) mass is 176 g/mol. The van der Waals surface area contributed by atoms with E-state index in [0.29, 0.717) is 0 Å². The standard InChI is InChI=1S/C11H16N2/c1-2-3-4-5-7-12-9-11-6-8-13-10-11/h1,6,8,10,12-13H,3-5,7,9H2. The summed E-state index contributed by atoms with van der Waals surface area (Å²) in [6.07, 6.45) is 12.3. The highest BCUT2D eigenvalue weighted by atomic mass is 14.8. The summed E-state index contributed by atoms with van der Waals surface area (Å²) in [5, 5.41) is 3.36. The lowest BCUT2D eigenvalue weighted by Crippen LogP contribution is -2.13. The van der Waals surface area contributed by atoms with Crippen molar-refractivity contribution in [2.24, 2.45) is 0 Å². The summed E-state index contributed by atoms with van der Waals surface area (Å²) in [5.74, 6) is 2.64. The van der Waals surface area contributed by atoms with Crippen LogP contribution < -0.4 is 5.32 Å². The van der Waals surface area contributed by atoms with Crippen LogP contribution in [0.5, 0.6) is 0 Å². The van der Waals surface area contributed by atoms with Gasteiger partial charge < -0.3 is 10.3 Å². The molecule has 1 rings (SSSR count). The van der Waals surface area contributed by atoms with Gasteiger partial charge in [-0.3, -0.25) is 0 Å². The van der Waals surface area contributed by atoms with Crippen LogP contribution in [0.15, 0.2) is 18.5 Å². The van der Waals surface area contributed by atoms with Gasteiger partial charge in [-0.2, -0.15) is 0 Å². The van der Waals surface area contributed by atoms with E-state index in [1.54, 1.807) is 0 Å². The quantitative estimate of drug-likeness (QED) is 0.503.